The second kappa shape index (κ2) is 18.4. The van der Waals surface area contributed by atoms with E-state index in [1.54, 1.807) is 90.0 Å². The number of rotatable bonds is 16. The Labute approximate surface area is 355 Å². The zero-order valence-electron chi connectivity index (χ0n) is 37.0. The molecule has 0 unspecified atom stereocenters. The lowest BCUT2D eigenvalue weighted by Crippen LogP contribution is -2.41. The number of alkyl halides is 6. The first-order valence-corrected chi connectivity index (χ1v) is 21.3. The van der Waals surface area contributed by atoms with Crippen molar-refractivity contribution in [3.8, 4) is 0 Å². The van der Waals surface area contributed by atoms with E-state index < -0.39 is 122 Å². The Balaban J connectivity index is 2.17. The van der Waals surface area contributed by atoms with E-state index in [-0.39, 0.29) is 37.7 Å². The van der Waals surface area contributed by atoms with Crippen molar-refractivity contribution in [3.63, 3.8) is 0 Å². The van der Waals surface area contributed by atoms with Gasteiger partial charge < -0.3 is 42.3 Å². The molecular formula is C40H57B2F6NO11S. The summed E-state index contributed by atoms with van der Waals surface area (Å²) in [5.74, 6) is -1.05. The van der Waals surface area contributed by atoms with Gasteiger partial charge >= 0.3 is 32.6 Å². The van der Waals surface area contributed by atoms with Crippen molar-refractivity contribution in [1.82, 2.24) is 0 Å². The molecule has 0 aromatic heterocycles. The van der Waals surface area contributed by atoms with E-state index in [0.29, 0.717) is 12.1 Å². The largest absolute Gasteiger partial charge is 0.495 e. The number of hydrogen-bond donors (Lipinski definition) is 0. The number of carbonyl (C=O) groups is 1. The fraction of sp³-hybridized carbons (Fsp3) is 0.675. The SMILES string of the molecule is CCOCOCc1c(B2OC(C)(C)C(C)(C)O2)cc(S(=O)(=NCC(=O)OC(C)(C)C)c2cc(B3OC(C)(C)C(C)(C)O3)c(COCOCC)c(C(F)(F)F)c2)cc1C(F)(F)F. The van der Waals surface area contributed by atoms with Crippen LogP contribution < -0.4 is 10.9 Å². The number of esters is 1. The molecule has 21 heteroatoms. The van der Waals surface area contributed by atoms with Gasteiger partial charge in [-0.05, 0) is 136 Å². The molecule has 0 atom stereocenters. The standard InChI is InChI=1S/C40H57B2F6NO11S/c1-14-52-23-54-21-27-29(39(43,44)45)16-25(18-31(27)41-57-35(6,7)36(8,9)58-41)61(51,49-20-33(50)56-34(3,4)5)26-17-30(40(46,47)48)28(22-55-24-53-15-2)32(19-26)42-59-37(10,11)38(12,13)60-42/h16-19H,14-15,20-24H2,1-13H3. The van der Waals surface area contributed by atoms with Crippen LogP contribution in [0, 0.1) is 0 Å². The summed E-state index contributed by atoms with van der Waals surface area (Å²) in [6, 6.07) is 3.18. The zero-order valence-corrected chi connectivity index (χ0v) is 37.8. The zero-order chi connectivity index (χ0) is 46.2. The molecule has 4 rings (SSSR count). The Bertz CT molecular complexity index is 1880. The van der Waals surface area contributed by atoms with Gasteiger partial charge in [0, 0.05) is 13.2 Å². The smallest absolute Gasteiger partial charge is 0.459 e. The molecule has 0 amide bonds. The van der Waals surface area contributed by atoms with E-state index in [4.69, 9.17) is 42.3 Å². The highest BCUT2D eigenvalue weighted by molar-refractivity contribution is 7.93. The lowest BCUT2D eigenvalue weighted by Gasteiger charge is -2.32. The predicted octanol–water partition coefficient (Wildman–Crippen LogP) is 7.57. The van der Waals surface area contributed by atoms with Crippen molar-refractivity contribution in [2.24, 2.45) is 4.36 Å². The number of halogens is 6. The fourth-order valence-corrected chi connectivity index (χ4v) is 8.20. The van der Waals surface area contributed by atoms with Gasteiger partial charge in [0.1, 0.15) is 35.5 Å². The van der Waals surface area contributed by atoms with Crippen molar-refractivity contribution in [2.45, 2.75) is 153 Å². The minimum atomic E-state index is -5.17. The van der Waals surface area contributed by atoms with Crippen LogP contribution in [0.15, 0.2) is 38.4 Å². The number of hydrogen-bond acceptors (Lipinski definition) is 12. The van der Waals surface area contributed by atoms with Gasteiger partial charge in [-0.1, -0.05) is 0 Å². The molecule has 0 spiro atoms. The summed E-state index contributed by atoms with van der Waals surface area (Å²) in [6.07, 6.45) is -10.3. The minimum Gasteiger partial charge on any atom is -0.459 e. The molecule has 2 aromatic carbocycles. The van der Waals surface area contributed by atoms with Crippen LogP contribution in [0.25, 0.3) is 0 Å². The average Bonchev–Trinajstić information content (AvgIpc) is 3.47. The van der Waals surface area contributed by atoms with Crippen LogP contribution in [0.5, 0.6) is 0 Å². The second-order valence-electron chi connectivity index (χ2n) is 17.6. The maximum Gasteiger partial charge on any atom is 0.495 e. The Morgan fingerprint density at radius 3 is 1.28 bits per heavy atom. The summed E-state index contributed by atoms with van der Waals surface area (Å²) in [5.41, 5.74) is -9.68. The van der Waals surface area contributed by atoms with E-state index in [2.05, 4.69) is 4.36 Å². The van der Waals surface area contributed by atoms with Gasteiger partial charge in [-0.3, -0.25) is 4.79 Å². The van der Waals surface area contributed by atoms with Gasteiger partial charge in [0.25, 0.3) is 0 Å². The number of nitrogens with zero attached hydrogens (tertiary/aromatic N) is 1. The predicted molar refractivity (Wildman–Crippen MR) is 215 cm³/mol. The third-order valence-corrected chi connectivity index (χ3v) is 13.1. The topological polar surface area (TPSA) is 130 Å². The Kier molecular flexibility index (Phi) is 15.3. The van der Waals surface area contributed by atoms with Gasteiger partial charge in [0.15, 0.2) is 0 Å². The van der Waals surface area contributed by atoms with Gasteiger partial charge in [0.2, 0.25) is 0 Å². The van der Waals surface area contributed by atoms with Crippen LogP contribution in [0.1, 0.15) is 112 Å². The van der Waals surface area contributed by atoms with Crippen molar-refractivity contribution >= 4 is 40.9 Å². The molecule has 2 aliphatic heterocycles. The Morgan fingerprint density at radius 1 is 0.639 bits per heavy atom. The van der Waals surface area contributed by atoms with E-state index in [9.17, 15) is 4.79 Å². The molecule has 0 radical (unpaired) electrons. The number of carbonyl (C=O) groups excluding carboxylic acids is 1. The average molecular weight is 896 g/mol. The minimum absolute atomic E-state index is 0.196. The van der Waals surface area contributed by atoms with Gasteiger partial charge in [-0.2, -0.15) is 26.3 Å². The first-order chi connectivity index (χ1) is 27.8. The van der Waals surface area contributed by atoms with Crippen LogP contribution in [0.2, 0.25) is 0 Å². The van der Waals surface area contributed by atoms with E-state index in [1.807, 2.05) is 0 Å². The molecule has 12 nitrogen and oxygen atoms in total. The molecule has 0 aliphatic carbocycles. The molecule has 0 N–H and O–H groups in total. The van der Waals surface area contributed by atoms with Crippen LogP contribution in [-0.4, -0.2) is 85.8 Å². The molecule has 2 aliphatic rings. The van der Waals surface area contributed by atoms with Crippen molar-refractivity contribution < 1.29 is 77.6 Å². The summed E-state index contributed by atoms with van der Waals surface area (Å²) < 4.78 is 164. The van der Waals surface area contributed by atoms with Gasteiger partial charge in [-0.15, -0.1) is 0 Å². The highest BCUT2D eigenvalue weighted by Crippen LogP contribution is 2.42. The monoisotopic (exact) mass is 895 g/mol. The van der Waals surface area contributed by atoms with Crippen molar-refractivity contribution in [3.05, 3.63) is 46.5 Å². The number of benzene rings is 2. The molecular weight excluding hydrogens is 838 g/mol. The summed E-state index contributed by atoms with van der Waals surface area (Å²) in [7, 11) is -7.75. The highest BCUT2D eigenvalue weighted by atomic mass is 32.2. The second-order valence-corrected chi connectivity index (χ2v) is 19.8. The van der Waals surface area contributed by atoms with Crippen molar-refractivity contribution in [1.29, 1.82) is 0 Å². The first-order valence-electron chi connectivity index (χ1n) is 19.8. The molecule has 2 heterocycles. The molecule has 61 heavy (non-hydrogen) atoms. The van der Waals surface area contributed by atoms with Crippen molar-refractivity contribution in [2.75, 3.05) is 33.3 Å². The van der Waals surface area contributed by atoms with Gasteiger partial charge in [-0.25, -0.2) is 8.57 Å². The van der Waals surface area contributed by atoms with Crippen LogP contribution >= 0.6 is 0 Å². The third-order valence-electron chi connectivity index (χ3n) is 10.8. The van der Waals surface area contributed by atoms with E-state index in [1.165, 1.54) is 0 Å². The molecule has 0 bridgehead atoms. The summed E-state index contributed by atoms with van der Waals surface area (Å²) in [6.45, 7) is 18.5. The maximum absolute atomic E-state index is 15.9. The third kappa shape index (κ3) is 11.7. The van der Waals surface area contributed by atoms with Crippen LogP contribution in [0.4, 0.5) is 26.3 Å². The lowest BCUT2D eigenvalue weighted by atomic mass is 9.74. The lowest BCUT2D eigenvalue weighted by molar-refractivity contribution is -0.152. The normalized spacial score (nSPS) is 18.8. The Hall–Kier alpha value is -2.75. The van der Waals surface area contributed by atoms with E-state index in [0.717, 1.165) is 12.1 Å². The first kappa shape index (κ1) is 50.9. The molecule has 342 valence electrons. The maximum atomic E-state index is 15.9. The molecule has 2 fully saturated rings. The summed E-state index contributed by atoms with van der Waals surface area (Å²) in [4.78, 5) is 11.7. The summed E-state index contributed by atoms with van der Waals surface area (Å²) >= 11 is 0. The quantitative estimate of drug-likeness (QED) is 0.0544. The summed E-state index contributed by atoms with van der Waals surface area (Å²) in [5, 5.41) is 0. The highest BCUT2D eigenvalue weighted by Gasteiger charge is 2.55. The molecule has 0 saturated carbocycles. The van der Waals surface area contributed by atoms with Crippen LogP contribution in [-0.2, 0) is 82.4 Å². The van der Waals surface area contributed by atoms with Crippen LogP contribution in [0.3, 0.4) is 0 Å². The number of ether oxygens (including phenoxy) is 5. The Morgan fingerprint density at radius 2 is 0.984 bits per heavy atom. The molecule has 2 aromatic rings. The van der Waals surface area contributed by atoms with E-state index >= 15 is 30.6 Å². The van der Waals surface area contributed by atoms with Gasteiger partial charge in [0.05, 0.1) is 56.5 Å². The molecule has 2 saturated heterocycles. The fourth-order valence-electron chi connectivity index (χ4n) is 6.22.